The minimum absolute atomic E-state index is 0.0629. The van der Waals surface area contributed by atoms with Crippen molar-refractivity contribution in [1.29, 1.82) is 0 Å². The summed E-state index contributed by atoms with van der Waals surface area (Å²) < 4.78 is 10.8. The molecule has 140 valence electrons. The monoisotopic (exact) mass is 350 g/mol. The second kappa shape index (κ2) is 12.1. The standard InChI is InChI=1S/C18H30N4O3/c1-5-19-17(23)13-22-18(20-6-2)21-12-15-8-7-14(3)11-16(15)25-10-9-24-4/h7-8,11H,5-6,9-10,12-13H2,1-4H3,(H,19,23)(H2,20,21,22). The highest BCUT2D eigenvalue weighted by Crippen LogP contribution is 2.21. The molecule has 1 aromatic carbocycles. The fourth-order valence-corrected chi connectivity index (χ4v) is 2.09. The number of carbonyl (C=O) groups excluding carboxylic acids is 1. The van der Waals surface area contributed by atoms with E-state index in [1.165, 1.54) is 0 Å². The highest BCUT2D eigenvalue weighted by atomic mass is 16.5. The normalized spacial score (nSPS) is 11.1. The van der Waals surface area contributed by atoms with Crippen molar-refractivity contribution in [2.75, 3.05) is 40.0 Å². The second-order valence-electron chi connectivity index (χ2n) is 5.45. The molecule has 0 bridgehead atoms. The van der Waals surface area contributed by atoms with Crippen LogP contribution in [0.3, 0.4) is 0 Å². The molecule has 0 aliphatic carbocycles. The number of benzene rings is 1. The number of ether oxygens (including phenoxy) is 2. The lowest BCUT2D eigenvalue weighted by Gasteiger charge is -2.13. The molecule has 0 atom stereocenters. The zero-order chi connectivity index (χ0) is 18.5. The Labute approximate surface area is 150 Å². The summed E-state index contributed by atoms with van der Waals surface area (Å²) in [5.41, 5.74) is 2.11. The average Bonchev–Trinajstić information content (AvgIpc) is 2.59. The van der Waals surface area contributed by atoms with Gasteiger partial charge in [-0.3, -0.25) is 4.79 Å². The Bertz CT molecular complexity index is 561. The Kier molecular flexibility index (Phi) is 10.1. The van der Waals surface area contributed by atoms with Gasteiger partial charge in [-0.2, -0.15) is 0 Å². The second-order valence-corrected chi connectivity index (χ2v) is 5.45. The molecule has 0 fully saturated rings. The molecule has 0 unspecified atom stereocenters. The van der Waals surface area contributed by atoms with Gasteiger partial charge in [0.25, 0.3) is 0 Å². The minimum atomic E-state index is -0.0629. The fourth-order valence-electron chi connectivity index (χ4n) is 2.09. The van der Waals surface area contributed by atoms with Gasteiger partial charge in [0.05, 0.1) is 19.7 Å². The number of methoxy groups -OCH3 is 1. The van der Waals surface area contributed by atoms with Gasteiger partial charge in [-0.1, -0.05) is 12.1 Å². The third-order valence-corrected chi connectivity index (χ3v) is 3.31. The summed E-state index contributed by atoms with van der Waals surface area (Å²) in [5.74, 6) is 1.34. The highest BCUT2D eigenvalue weighted by Gasteiger charge is 2.06. The van der Waals surface area contributed by atoms with Crippen molar-refractivity contribution in [2.45, 2.75) is 27.3 Å². The van der Waals surface area contributed by atoms with E-state index >= 15 is 0 Å². The van der Waals surface area contributed by atoms with Crippen LogP contribution in [-0.4, -0.2) is 51.8 Å². The summed E-state index contributed by atoms with van der Waals surface area (Å²) in [4.78, 5) is 16.1. The molecule has 3 N–H and O–H groups in total. The largest absolute Gasteiger partial charge is 0.491 e. The molecule has 0 radical (unpaired) electrons. The first-order valence-electron chi connectivity index (χ1n) is 8.60. The molecule has 0 aliphatic heterocycles. The topological polar surface area (TPSA) is 84.0 Å². The van der Waals surface area contributed by atoms with Crippen LogP contribution in [0.15, 0.2) is 23.2 Å². The van der Waals surface area contributed by atoms with Crippen LogP contribution in [-0.2, 0) is 16.1 Å². The maximum Gasteiger partial charge on any atom is 0.239 e. The lowest BCUT2D eigenvalue weighted by Crippen LogP contribution is -2.43. The van der Waals surface area contributed by atoms with E-state index < -0.39 is 0 Å². The molecule has 0 heterocycles. The smallest absolute Gasteiger partial charge is 0.239 e. The summed E-state index contributed by atoms with van der Waals surface area (Å²) in [6.07, 6.45) is 0. The number of nitrogens with one attached hydrogen (secondary N) is 3. The molecule has 1 aromatic rings. The van der Waals surface area contributed by atoms with Gasteiger partial charge in [0.1, 0.15) is 12.4 Å². The van der Waals surface area contributed by atoms with Crippen LogP contribution in [0.2, 0.25) is 0 Å². The zero-order valence-corrected chi connectivity index (χ0v) is 15.6. The molecule has 0 saturated heterocycles. The van der Waals surface area contributed by atoms with Crippen LogP contribution in [0, 0.1) is 6.92 Å². The molecular weight excluding hydrogens is 320 g/mol. The summed E-state index contributed by atoms with van der Waals surface area (Å²) in [6, 6.07) is 6.03. The number of amides is 1. The first-order valence-corrected chi connectivity index (χ1v) is 8.60. The lowest BCUT2D eigenvalue weighted by atomic mass is 10.1. The van der Waals surface area contributed by atoms with Gasteiger partial charge in [0, 0.05) is 25.8 Å². The summed E-state index contributed by atoms with van der Waals surface area (Å²) >= 11 is 0. The zero-order valence-electron chi connectivity index (χ0n) is 15.6. The Morgan fingerprint density at radius 2 is 1.88 bits per heavy atom. The molecule has 25 heavy (non-hydrogen) atoms. The minimum Gasteiger partial charge on any atom is -0.491 e. The quantitative estimate of drug-likeness (QED) is 0.336. The molecule has 0 spiro atoms. The highest BCUT2D eigenvalue weighted by molar-refractivity contribution is 5.86. The van der Waals surface area contributed by atoms with E-state index in [4.69, 9.17) is 9.47 Å². The SMILES string of the molecule is CCNC(=O)CNC(=NCc1ccc(C)cc1OCCOC)NCC. The van der Waals surface area contributed by atoms with Crippen LogP contribution < -0.4 is 20.7 Å². The Morgan fingerprint density at radius 3 is 2.56 bits per heavy atom. The van der Waals surface area contributed by atoms with E-state index in [-0.39, 0.29) is 12.5 Å². The molecule has 1 amide bonds. The van der Waals surface area contributed by atoms with E-state index in [2.05, 4.69) is 20.9 Å². The number of hydrogen-bond donors (Lipinski definition) is 3. The van der Waals surface area contributed by atoms with Crippen molar-refractivity contribution in [3.05, 3.63) is 29.3 Å². The van der Waals surface area contributed by atoms with Crippen molar-refractivity contribution in [3.8, 4) is 5.75 Å². The van der Waals surface area contributed by atoms with E-state index in [0.29, 0.717) is 38.8 Å². The van der Waals surface area contributed by atoms with Crippen molar-refractivity contribution < 1.29 is 14.3 Å². The van der Waals surface area contributed by atoms with Gasteiger partial charge < -0.3 is 25.4 Å². The number of guanidine groups is 1. The Morgan fingerprint density at radius 1 is 1.12 bits per heavy atom. The van der Waals surface area contributed by atoms with Crippen molar-refractivity contribution >= 4 is 11.9 Å². The number of nitrogens with zero attached hydrogens (tertiary/aromatic N) is 1. The van der Waals surface area contributed by atoms with Gasteiger partial charge in [-0.25, -0.2) is 4.99 Å². The van der Waals surface area contributed by atoms with Crippen LogP contribution in [0.4, 0.5) is 0 Å². The number of rotatable bonds is 10. The van der Waals surface area contributed by atoms with Crippen LogP contribution in [0.25, 0.3) is 0 Å². The van der Waals surface area contributed by atoms with Gasteiger partial charge in [0.2, 0.25) is 5.91 Å². The number of aliphatic imine (C=N–C) groups is 1. The fraction of sp³-hybridized carbons (Fsp3) is 0.556. The number of aryl methyl sites for hydroxylation is 1. The third-order valence-electron chi connectivity index (χ3n) is 3.31. The van der Waals surface area contributed by atoms with Gasteiger partial charge in [0.15, 0.2) is 5.96 Å². The van der Waals surface area contributed by atoms with Gasteiger partial charge in [-0.15, -0.1) is 0 Å². The van der Waals surface area contributed by atoms with Crippen LogP contribution >= 0.6 is 0 Å². The average molecular weight is 350 g/mol. The molecule has 7 nitrogen and oxygen atoms in total. The first kappa shape index (κ1) is 20.8. The van der Waals surface area contributed by atoms with Crippen molar-refractivity contribution in [3.63, 3.8) is 0 Å². The molecule has 0 aliphatic rings. The number of hydrogen-bond acceptors (Lipinski definition) is 4. The molecule has 0 aromatic heterocycles. The van der Waals surface area contributed by atoms with E-state index in [9.17, 15) is 4.79 Å². The van der Waals surface area contributed by atoms with E-state index in [1.54, 1.807) is 7.11 Å². The summed E-state index contributed by atoms with van der Waals surface area (Å²) in [5, 5.41) is 8.90. The summed E-state index contributed by atoms with van der Waals surface area (Å²) in [6.45, 7) is 8.88. The Hall–Kier alpha value is -2.28. The third kappa shape index (κ3) is 8.39. The van der Waals surface area contributed by atoms with Crippen LogP contribution in [0.5, 0.6) is 5.75 Å². The van der Waals surface area contributed by atoms with Crippen molar-refractivity contribution in [1.82, 2.24) is 16.0 Å². The number of carbonyl (C=O) groups is 1. The predicted octanol–water partition coefficient (Wildman–Crippen LogP) is 1.21. The lowest BCUT2D eigenvalue weighted by molar-refractivity contribution is -0.119. The molecule has 1 rings (SSSR count). The van der Waals surface area contributed by atoms with E-state index in [1.807, 2.05) is 39.0 Å². The summed E-state index contributed by atoms with van der Waals surface area (Å²) in [7, 11) is 1.65. The van der Waals surface area contributed by atoms with Crippen LogP contribution in [0.1, 0.15) is 25.0 Å². The molecule has 0 saturated carbocycles. The maximum absolute atomic E-state index is 11.6. The van der Waals surface area contributed by atoms with Gasteiger partial charge in [-0.05, 0) is 32.4 Å². The maximum atomic E-state index is 11.6. The van der Waals surface area contributed by atoms with Crippen molar-refractivity contribution in [2.24, 2.45) is 4.99 Å². The number of likely N-dealkylation sites (N-methyl/N-ethyl adjacent to an activating group) is 1. The predicted molar refractivity (Wildman–Crippen MR) is 100 cm³/mol. The first-order chi connectivity index (χ1) is 12.1. The van der Waals surface area contributed by atoms with E-state index in [0.717, 1.165) is 16.9 Å². The molecular formula is C18H30N4O3. The Balaban J connectivity index is 2.75. The van der Waals surface area contributed by atoms with Gasteiger partial charge >= 0.3 is 0 Å². The molecule has 7 heteroatoms.